The Kier molecular flexibility index (Phi) is 6.94. The highest BCUT2D eigenvalue weighted by molar-refractivity contribution is 8.03. The molecule has 98 valence electrons. The molecule has 0 saturated carbocycles. The summed E-state index contributed by atoms with van der Waals surface area (Å²) in [6.45, 7) is 6.07. The van der Waals surface area contributed by atoms with Crippen molar-refractivity contribution in [2.24, 2.45) is 0 Å². The predicted molar refractivity (Wildman–Crippen MR) is 65.9 cm³/mol. The molecular weight excluding hydrogens is 276 g/mol. The van der Waals surface area contributed by atoms with E-state index in [-0.39, 0.29) is 5.03 Å². The van der Waals surface area contributed by atoms with Crippen LogP contribution in [0, 0.1) is 0 Å². The van der Waals surface area contributed by atoms with Crippen molar-refractivity contribution in [3.8, 4) is 0 Å². The molecule has 17 heavy (non-hydrogen) atoms. The number of thioether (sulfide) groups is 1. The van der Waals surface area contributed by atoms with Crippen molar-refractivity contribution >= 4 is 23.4 Å². The third kappa shape index (κ3) is 5.64. The minimum atomic E-state index is -4.02. The van der Waals surface area contributed by atoms with Gasteiger partial charge in [-0.2, -0.15) is 8.78 Å². The lowest BCUT2D eigenvalue weighted by molar-refractivity contribution is -0.125. The molecule has 0 N–H and O–H groups in total. The SMILES string of the molecule is C=C(Cl)/C=C\C(=C/C)SC(C)C(F)(F)C(F)F. The van der Waals surface area contributed by atoms with E-state index >= 15 is 0 Å². The zero-order valence-electron chi connectivity index (χ0n) is 9.39. The molecule has 0 aliphatic carbocycles. The highest BCUT2D eigenvalue weighted by Gasteiger charge is 2.46. The molecule has 6 heteroatoms. The molecule has 0 aromatic carbocycles. The third-order valence-corrected chi connectivity index (χ3v) is 3.30. The summed E-state index contributed by atoms with van der Waals surface area (Å²) in [6.07, 6.45) is 0.740. The number of allylic oxidation sites excluding steroid dienone is 4. The van der Waals surface area contributed by atoms with E-state index in [4.69, 9.17) is 11.6 Å². The van der Waals surface area contributed by atoms with Gasteiger partial charge < -0.3 is 0 Å². The molecule has 1 unspecified atom stereocenters. The molecule has 0 saturated heterocycles. The zero-order valence-corrected chi connectivity index (χ0v) is 11.0. The number of halogens is 5. The Morgan fingerprint density at radius 2 is 1.88 bits per heavy atom. The molecule has 0 fully saturated rings. The minimum Gasteiger partial charge on any atom is -0.204 e. The van der Waals surface area contributed by atoms with E-state index in [1.165, 1.54) is 12.2 Å². The fraction of sp³-hybridized carbons (Fsp3) is 0.455. The molecule has 1 atom stereocenters. The lowest BCUT2D eigenvalue weighted by Crippen LogP contribution is -2.36. The van der Waals surface area contributed by atoms with Crippen LogP contribution >= 0.6 is 23.4 Å². The van der Waals surface area contributed by atoms with Gasteiger partial charge in [-0.05, 0) is 26.0 Å². The number of hydrogen-bond acceptors (Lipinski definition) is 1. The maximum Gasteiger partial charge on any atom is 0.319 e. The molecular formula is C11H13ClF4S. The summed E-state index contributed by atoms with van der Waals surface area (Å²) in [5.41, 5.74) is 0. The second-order valence-corrected chi connectivity index (χ2v) is 5.11. The molecule has 0 aliphatic heterocycles. The van der Waals surface area contributed by atoms with Crippen molar-refractivity contribution in [2.75, 3.05) is 0 Å². The van der Waals surface area contributed by atoms with Gasteiger partial charge in [0.25, 0.3) is 0 Å². The Morgan fingerprint density at radius 3 is 2.24 bits per heavy atom. The first-order chi connectivity index (χ1) is 7.71. The van der Waals surface area contributed by atoms with E-state index in [9.17, 15) is 17.6 Å². The fourth-order valence-electron chi connectivity index (χ4n) is 0.836. The van der Waals surface area contributed by atoms with E-state index in [1.54, 1.807) is 13.0 Å². The highest BCUT2D eigenvalue weighted by Crippen LogP contribution is 2.37. The predicted octanol–water partition coefficient (Wildman–Crippen LogP) is 5.22. The maximum atomic E-state index is 13.0. The summed E-state index contributed by atoms with van der Waals surface area (Å²) in [5.74, 6) is -4.02. The Labute approximate surface area is 107 Å². The first-order valence-electron chi connectivity index (χ1n) is 4.73. The fourth-order valence-corrected chi connectivity index (χ4v) is 1.85. The van der Waals surface area contributed by atoms with Crippen LogP contribution in [-0.2, 0) is 0 Å². The summed E-state index contributed by atoms with van der Waals surface area (Å²) in [7, 11) is 0. The smallest absolute Gasteiger partial charge is 0.204 e. The van der Waals surface area contributed by atoms with E-state index in [1.807, 2.05) is 0 Å². The van der Waals surface area contributed by atoms with Gasteiger partial charge in [0, 0.05) is 9.94 Å². The quantitative estimate of drug-likeness (QED) is 0.477. The molecule has 0 aromatic heterocycles. The van der Waals surface area contributed by atoms with Crippen molar-refractivity contribution in [2.45, 2.75) is 31.4 Å². The van der Waals surface area contributed by atoms with Gasteiger partial charge in [0.15, 0.2) is 0 Å². The van der Waals surface area contributed by atoms with Crippen LogP contribution in [-0.4, -0.2) is 17.6 Å². The summed E-state index contributed by atoms with van der Waals surface area (Å²) >= 11 is 6.14. The topological polar surface area (TPSA) is 0 Å². The van der Waals surface area contributed by atoms with Gasteiger partial charge in [0.2, 0.25) is 0 Å². The van der Waals surface area contributed by atoms with Crippen molar-refractivity contribution in [1.82, 2.24) is 0 Å². The molecule has 0 bridgehead atoms. The molecule has 0 amide bonds. The second-order valence-electron chi connectivity index (χ2n) is 3.21. The summed E-state index contributed by atoms with van der Waals surface area (Å²) in [4.78, 5) is 0.430. The summed E-state index contributed by atoms with van der Waals surface area (Å²) in [6, 6.07) is 0. The van der Waals surface area contributed by atoms with Crippen LogP contribution < -0.4 is 0 Å². The van der Waals surface area contributed by atoms with Gasteiger partial charge >= 0.3 is 12.3 Å². The maximum absolute atomic E-state index is 13.0. The second kappa shape index (κ2) is 7.11. The normalized spacial score (nSPS) is 15.6. The Bertz CT molecular complexity index is 323. The number of rotatable bonds is 6. The van der Waals surface area contributed by atoms with Crippen LogP contribution in [0.4, 0.5) is 17.6 Å². The highest BCUT2D eigenvalue weighted by atomic mass is 35.5. The molecule has 0 heterocycles. The van der Waals surface area contributed by atoms with Gasteiger partial charge in [0.1, 0.15) is 0 Å². The molecule has 0 aromatic rings. The monoisotopic (exact) mass is 288 g/mol. The van der Waals surface area contributed by atoms with E-state index in [0.29, 0.717) is 16.7 Å². The molecule has 0 spiro atoms. The Hall–Kier alpha value is -0.420. The van der Waals surface area contributed by atoms with Crippen molar-refractivity contribution in [3.63, 3.8) is 0 Å². The van der Waals surface area contributed by atoms with Gasteiger partial charge in [0.05, 0.1) is 5.25 Å². The van der Waals surface area contributed by atoms with Crippen LogP contribution in [0.15, 0.2) is 34.7 Å². The van der Waals surface area contributed by atoms with Crippen LogP contribution in [0.25, 0.3) is 0 Å². The average Bonchev–Trinajstić information content (AvgIpc) is 2.23. The first-order valence-corrected chi connectivity index (χ1v) is 5.99. The average molecular weight is 289 g/mol. The van der Waals surface area contributed by atoms with Gasteiger partial charge in [-0.3, -0.25) is 0 Å². The minimum absolute atomic E-state index is 0.234. The van der Waals surface area contributed by atoms with Crippen LogP contribution in [0.5, 0.6) is 0 Å². The molecule has 0 nitrogen and oxygen atoms in total. The number of hydrogen-bond donors (Lipinski definition) is 0. The first kappa shape index (κ1) is 16.6. The van der Waals surface area contributed by atoms with Crippen LogP contribution in [0.3, 0.4) is 0 Å². The van der Waals surface area contributed by atoms with Gasteiger partial charge in [-0.1, -0.05) is 24.3 Å². The van der Waals surface area contributed by atoms with Gasteiger partial charge in [-0.25, -0.2) is 8.78 Å². The number of alkyl halides is 4. The van der Waals surface area contributed by atoms with E-state index < -0.39 is 17.6 Å². The van der Waals surface area contributed by atoms with Crippen LogP contribution in [0.2, 0.25) is 0 Å². The van der Waals surface area contributed by atoms with Crippen molar-refractivity contribution in [3.05, 3.63) is 34.7 Å². The molecule has 0 radical (unpaired) electrons. The summed E-state index contributed by atoms with van der Waals surface area (Å²) in [5, 5.41) is -1.29. The molecule has 0 rings (SSSR count). The van der Waals surface area contributed by atoms with Crippen LogP contribution in [0.1, 0.15) is 13.8 Å². The van der Waals surface area contributed by atoms with E-state index in [0.717, 1.165) is 6.92 Å². The largest absolute Gasteiger partial charge is 0.319 e. The van der Waals surface area contributed by atoms with Crippen molar-refractivity contribution < 1.29 is 17.6 Å². The van der Waals surface area contributed by atoms with Crippen molar-refractivity contribution in [1.29, 1.82) is 0 Å². The lowest BCUT2D eigenvalue weighted by atomic mass is 10.3. The summed E-state index contributed by atoms with van der Waals surface area (Å²) < 4.78 is 50.1. The standard InChI is InChI=1S/C11H13ClF4S/c1-4-9(6-5-7(2)12)17-8(3)11(15,16)10(13)14/h4-6,8,10H,2H2,1,3H3/b6-5-,9-4+. The van der Waals surface area contributed by atoms with Gasteiger partial charge in [-0.15, -0.1) is 11.8 Å². The molecule has 0 aliphatic rings. The Morgan fingerprint density at radius 1 is 1.35 bits per heavy atom. The lowest BCUT2D eigenvalue weighted by Gasteiger charge is -2.22. The third-order valence-electron chi connectivity index (χ3n) is 1.86. The van der Waals surface area contributed by atoms with E-state index in [2.05, 4.69) is 6.58 Å². The Balaban J connectivity index is 4.66. The zero-order chi connectivity index (χ0) is 13.6.